The van der Waals surface area contributed by atoms with Crippen LogP contribution in [0.15, 0.2) is 48.5 Å². The van der Waals surface area contributed by atoms with Crippen LogP contribution in [0, 0.1) is 0 Å². The van der Waals surface area contributed by atoms with E-state index in [9.17, 15) is 4.79 Å². The van der Waals surface area contributed by atoms with E-state index in [1.54, 1.807) is 0 Å². The van der Waals surface area contributed by atoms with Gasteiger partial charge in [0.05, 0.1) is 0 Å². The Balaban J connectivity index is 1.80. The number of likely N-dealkylation sites (tertiary alicyclic amines) is 1. The molecule has 4 heteroatoms. The lowest BCUT2D eigenvalue weighted by molar-refractivity contribution is 0.0623. The maximum Gasteiger partial charge on any atom is 0.254 e. The predicted octanol–water partition coefficient (Wildman–Crippen LogP) is 3.37. The molecule has 3 rings (SSSR count). The molecule has 1 atom stereocenters. The van der Waals surface area contributed by atoms with Gasteiger partial charge in [-0.3, -0.25) is 4.79 Å². The van der Waals surface area contributed by atoms with Crippen molar-refractivity contribution in [2.24, 2.45) is 5.73 Å². The second-order valence-electron chi connectivity index (χ2n) is 6.91. The monoisotopic (exact) mass is 337 g/mol. The third-order valence-corrected chi connectivity index (χ3v) is 4.99. The summed E-state index contributed by atoms with van der Waals surface area (Å²) in [5.74, 6) is 0.101. The Bertz CT molecular complexity index is 724. The van der Waals surface area contributed by atoms with Crippen LogP contribution in [0.1, 0.15) is 29.6 Å². The van der Waals surface area contributed by atoms with Crippen molar-refractivity contribution in [3.8, 4) is 11.1 Å². The zero-order chi connectivity index (χ0) is 17.8. The minimum absolute atomic E-state index is 0.101. The van der Waals surface area contributed by atoms with Gasteiger partial charge in [-0.2, -0.15) is 0 Å². The standard InChI is InChI=1S/C21H27N3O/c1-23(2)19-8-5-6-18(14-19)16-9-11-17(12-10-16)21(25)24-13-4-3-7-20(24)15-22/h5-6,8-12,14,20H,3-4,7,13,15,22H2,1-2H3/t20-/m0/s1. The van der Waals surface area contributed by atoms with Gasteiger partial charge in [0, 0.05) is 44.5 Å². The zero-order valence-corrected chi connectivity index (χ0v) is 15.1. The van der Waals surface area contributed by atoms with E-state index in [1.165, 1.54) is 0 Å². The molecule has 1 saturated heterocycles. The van der Waals surface area contributed by atoms with Crippen molar-refractivity contribution in [1.29, 1.82) is 0 Å². The first-order valence-corrected chi connectivity index (χ1v) is 8.99. The average molecular weight is 337 g/mol. The van der Waals surface area contributed by atoms with Crippen LogP contribution >= 0.6 is 0 Å². The Morgan fingerprint density at radius 3 is 2.56 bits per heavy atom. The van der Waals surface area contributed by atoms with E-state index < -0.39 is 0 Å². The van der Waals surface area contributed by atoms with Crippen LogP contribution in [-0.2, 0) is 0 Å². The molecule has 1 aliphatic rings. The van der Waals surface area contributed by atoms with Crippen LogP contribution in [-0.4, -0.2) is 44.0 Å². The van der Waals surface area contributed by atoms with Crippen molar-refractivity contribution >= 4 is 11.6 Å². The summed E-state index contributed by atoms with van der Waals surface area (Å²) >= 11 is 0. The highest BCUT2D eigenvalue weighted by molar-refractivity contribution is 5.95. The van der Waals surface area contributed by atoms with Gasteiger partial charge in [0.15, 0.2) is 0 Å². The average Bonchev–Trinajstić information content (AvgIpc) is 2.67. The quantitative estimate of drug-likeness (QED) is 0.930. The maximum absolute atomic E-state index is 12.8. The molecule has 4 nitrogen and oxygen atoms in total. The third kappa shape index (κ3) is 3.85. The summed E-state index contributed by atoms with van der Waals surface area (Å²) in [6, 6.07) is 16.5. The fourth-order valence-corrected chi connectivity index (χ4v) is 3.45. The number of hydrogen-bond acceptors (Lipinski definition) is 3. The van der Waals surface area contributed by atoms with E-state index in [0.29, 0.717) is 6.54 Å². The molecule has 1 amide bonds. The number of carbonyl (C=O) groups excluding carboxylic acids is 1. The van der Waals surface area contributed by atoms with Crippen LogP contribution in [0.3, 0.4) is 0 Å². The summed E-state index contributed by atoms with van der Waals surface area (Å²) in [5.41, 5.74) is 10.0. The van der Waals surface area contributed by atoms with Gasteiger partial charge in [0.25, 0.3) is 5.91 Å². The van der Waals surface area contributed by atoms with Crippen molar-refractivity contribution in [2.75, 3.05) is 32.1 Å². The molecular weight excluding hydrogens is 310 g/mol. The lowest BCUT2D eigenvalue weighted by Crippen LogP contribution is -2.47. The first-order valence-electron chi connectivity index (χ1n) is 8.99. The number of nitrogens with two attached hydrogens (primary N) is 1. The molecule has 0 aromatic heterocycles. The molecular formula is C21H27N3O. The summed E-state index contributed by atoms with van der Waals surface area (Å²) in [5, 5.41) is 0. The van der Waals surface area contributed by atoms with E-state index in [1.807, 2.05) is 43.3 Å². The molecule has 2 N–H and O–H groups in total. The number of benzene rings is 2. The summed E-state index contributed by atoms with van der Waals surface area (Å²) in [6.07, 6.45) is 3.24. The Morgan fingerprint density at radius 2 is 1.88 bits per heavy atom. The van der Waals surface area contributed by atoms with E-state index in [2.05, 4.69) is 29.2 Å². The molecule has 0 radical (unpaired) electrons. The first kappa shape index (κ1) is 17.5. The fraction of sp³-hybridized carbons (Fsp3) is 0.381. The summed E-state index contributed by atoms with van der Waals surface area (Å²) < 4.78 is 0. The molecule has 1 fully saturated rings. The number of nitrogens with zero attached hydrogens (tertiary/aromatic N) is 2. The number of piperidine rings is 1. The highest BCUT2D eigenvalue weighted by atomic mass is 16.2. The Kier molecular flexibility index (Phi) is 5.39. The lowest BCUT2D eigenvalue weighted by atomic mass is 9.99. The van der Waals surface area contributed by atoms with E-state index >= 15 is 0 Å². The highest BCUT2D eigenvalue weighted by Gasteiger charge is 2.26. The van der Waals surface area contributed by atoms with Gasteiger partial charge < -0.3 is 15.5 Å². The topological polar surface area (TPSA) is 49.6 Å². The Morgan fingerprint density at radius 1 is 1.12 bits per heavy atom. The largest absolute Gasteiger partial charge is 0.378 e. The number of anilines is 1. The lowest BCUT2D eigenvalue weighted by Gasteiger charge is -2.35. The van der Waals surface area contributed by atoms with Gasteiger partial charge in [-0.15, -0.1) is 0 Å². The van der Waals surface area contributed by atoms with Crippen LogP contribution in [0.25, 0.3) is 11.1 Å². The van der Waals surface area contributed by atoms with E-state index in [-0.39, 0.29) is 11.9 Å². The minimum atomic E-state index is 0.101. The SMILES string of the molecule is CN(C)c1cccc(-c2ccc(C(=O)N3CCCC[C@H]3CN)cc2)c1. The molecule has 0 unspecified atom stereocenters. The molecule has 0 bridgehead atoms. The first-order chi connectivity index (χ1) is 12.1. The molecule has 132 valence electrons. The normalized spacial score (nSPS) is 17.4. The highest BCUT2D eigenvalue weighted by Crippen LogP contribution is 2.25. The van der Waals surface area contributed by atoms with Gasteiger partial charge in [-0.05, 0) is 54.7 Å². The van der Waals surface area contributed by atoms with Crippen molar-refractivity contribution in [3.63, 3.8) is 0 Å². The maximum atomic E-state index is 12.8. The predicted molar refractivity (Wildman–Crippen MR) is 104 cm³/mol. The fourth-order valence-electron chi connectivity index (χ4n) is 3.45. The zero-order valence-electron chi connectivity index (χ0n) is 15.1. The van der Waals surface area contributed by atoms with Crippen molar-refractivity contribution in [2.45, 2.75) is 25.3 Å². The van der Waals surface area contributed by atoms with Crippen molar-refractivity contribution in [3.05, 3.63) is 54.1 Å². The Hall–Kier alpha value is -2.33. The van der Waals surface area contributed by atoms with Gasteiger partial charge in [-0.25, -0.2) is 0 Å². The van der Waals surface area contributed by atoms with E-state index in [4.69, 9.17) is 5.73 Å². The Labute approximate surface area is 150 Å². The van der Waals surface area contributed by atoms with Crippen LogP contribution < -0.4 is 10.6 Å². The molecule has 1 heterocycles. The second-order valence-corrected chi connectivity index (χ2v) is 6.91. The van der Waals surface area contributed by atoms with Crippen LogP contribution in [0.5, 0.6) is 0 Å². The summed E-state index contributed by atoms with van der Waals surface area (Å²) in [6.45, 7) is 1.36. The van der Waals surface area contributed by atoms with E-state index in [0.717, 1.165) is 48.2 Å². The van der Waals surface area contributed by atoms with Gasteiger partial charge in [-0.1, -0.05) is 24.3 Å². The third-order valence-electron chi connectivity index (χ3n) is 4.99. The van der Waals surface area contributed by atoms with Gasteiger partial charge in [0.2, 0.25) is 0 Å². The second kappa shape index (κ2) is 7.70. The smallest absolute Gasteiger partial charge is 0.254 e. The minimum Gasteiger partial charge on any atom is -0.378 e. The number of hydrogen-bond donors (Lipinski definition) is 1. The van der Waals surface area contributed by atoms with Gasteiger partial charge >= 0.3 is 0 Å². The number of carbonyl (C=O) groups is 1. The molecule has 2 aromatic carbocycles. The molecule has 0 saturated carbocycles. The molecule has 0 aliphatic carbocycles. The van der Waals surface area contributed by atoms with Crippen LogP contribution in [0.2, 0.25) is 0 Å². The van der Waals surface area contributed by atoms with Crippen LogP contribution in [0.4, 0.5) is 5.69 Å². The summed E-state index contributed by atoms with van der Waals surface area (Å²) in [4.78, 5) is 16.9. The molecule has 25 heavy (non-hydrogen) atoms. The molecule has 1 aliphatic heterocycles. The van der Waals surface area contributed by atoms with Crippen molar-refractivity contribution in [1.82, 2.24) is 4.90 Å². The number of amides is 1. The summed E-state index contributed by atoms with van der Waals surface area (Å²) in [7, 11) is 4.07. The number of rotatable bonds is 4. The molecule has 0 spiro atoms. The van der Waals surface area contributed by atoms with Crippen molar-refractivity contribution < 1.29 is 4.79 Å². The molecule has 2 aromatic rings. The van der Waals surface area contributed by atoms with Gasteiger partial charge in [0.1, 0.15) is 0 Å².